The third-order valence-electron chi connectivity index (χ3n) is 2.43. The number of carboxylic acids is 1. The lowest BCUT2D eigenvalue weighted by Gasteiger charge is -1.99. The van der Waals surface area contributed by atoms with Crippen molar-refractivity contribution < 1.29 is 14.7 Å². The van der Waals surface area contributed by atoms with Gasteiger partial charge in [0.2, 0.25) is 0 Å². The van der Waals surface area contributed by atoms with Gasteiger partial charge in [0.05, 0.1) is 0 Å². The molecule has 0 atom stereocenters. The van der Waals surface area contributed by atoms with Crippen LogP contribution < -0.4 is 0 Å². The number of carboxylic acid groups (broad SMARTS) is 1. The predicted octanol–water partition coefficient (Wildman–Crippen LogP) is 2.28. The molecule has 3 nitrogen and oxygen atoms in total. The second-order valence-corrected chi connectivity index (χ2v) is 4.45. The highest BCUT2D eigenvalue weighted by Crippen LogP contribution is 2.27. The van der Waals surface area contributed by atoms with Crippen molar-refractivity contribution in [1.82, 2.24) is 0 Å². The van der Waals surface area contributed by atoms with E-state index in [4.69, 9.17) is 5.11 Å². The Balaban J connectivity index is 2.41. The van der Waals surface area contributed by atoms with Crippen molar-refractivity contribution in [3.63, 3.8) is 0 Å². The minimum atomic E-state index is -1.04. The lowest BCUT2D eigenvalue weighted by Crippen LogP contribution is -2.04. The van der Waals surface area contributed by atoms with Crippen LogP contribution in [0.2, 0.25) is 0 Å². The molecule has 4 heteroatoms. The standard InChI is InChI=1S/C11H10O3S/c12-10(13)6-7-2-1-3-9-8(11(7)14)4-5-15-9/h4-6H,1-3H2,(H,12,13)/b7-6+. The Labute approximate surface area is 91.0 Å². The predicted molar refractivity (Wildman–Crippen MR) is 57.3 cm³/mol. The van der Waals surface area contributed by atoms with E-state index >= 15 is 0 Å². The molecule has 1 aromatic heterocycles. The van der Waals surface area contributed by atoms with Gasteiger partial charge in [-0.25, -0.2) is 4.79 Å². The number of rotatable bonds is 1. The minimum Gasteiger partial charge on any atom is -0.478 e. The quantitative estimate of drug-likeness (QED) is 0.586. The summed E-state index contributed by atoms with van der Waals surface area (Å²) in [5.41, 5.74) is 1.10. The summed E-state index contributed by atoms with van der Waals surface area (Å²) in [7, 11) is 0. The first-order valence-electron chi connectivity index (χ1n) is 4.73. The zero-order chi connectivity index (χ0) is 10.8. The van der Waals surface area contributed by atoms with Gasteiger partial charge < -0.3 is 5.11 Å². The average molecular weight is 222 g/mol. The van der Waals surface area contributed by atoms with Crippen LogP contribution in [0.4, 0.5) is 0 Å². The number of fused-ring (bicyclic) bond motifs is 1. The van der Waals surface area contributed by atoms with Crippen LogP contribution in [0.3, 0.4) is 0 Å². The summed E-state index contributed by atoms with van der Waals surface area (Å²) in [5.74, 6) is -1.16. The third-order valence-corrected chi connectivity index (χ3v) is 3.41. The monoisotopic (exact) mass is 222 g/mol. The lowest BCUT2D eigenvalue weighted by molar-refractivity contribution is -0.131. The Hall–Kier alpha value is -1.42. The number of carbonyl (C=O) groups is 2. The van der Waals surface area contributed by atoms with E-state index in [0.717, 1.165) is 23.8 Å². The van der Waals surface area contributed by atoms with Crippen LogP contribution in [-0.2, 0) is 11.2 Å². The molecule has 0 amide bonds. The molecule has 78 valence electrons. The van der Waals surface area contributed by atoms with Crippen LogP contribution in [-0.4, -0.2) is 16.9 Å². The van der Waals surface area contributed by atoms with Gasteiger partial charge >= 0.3 is 5.97 Å². The Morgan fingerprint density at radius 2 is 2.27 bits per heavy atom. The molecular formula is C11H10O3S. The number of hydrogen-bond donors (Lipinski definition) is 1. The molecule has 0 fully saturated rings. The van der Waals surface area contributed by atoms with Gasteiger partial charge in [-0.3, -0.25) is 4.79 Å². The number of aliphatic carboxylic acids is 1. The maximum Gasteiger partial charge on any atom is 0.328 e. The zero-order valence-electron chi connectivity index (χ0n) is 8.03. The first-order valence-corrected chi connectivity index (χ1v) is 5.61. The molecule has 1 heterocycles. The SMILES string of the molecule is O=C(O)/C=C1\CCCc2sccc2C1=O. The maximum absolute atomic E-state index is 11.9. The Bertz CT molecular complexity index is 442. The number of carbonyl (C=O) groups excluding carboxylic acids is 1. The van der Waals surface area contributed by atoms with Crippen molar-refractivity contribution in [2.45, 2.75) is 19.3 Å². The van der Waals surface area contributed by atoms with Gasteiger partial charge in [-0.15, -0.1) is 11.3 Å². The molecule has 1 N–H and O–H groups in total. The van der Waals surface area contributed by atoms with E-state index in [9.17, 15) is 9.59 Å². The summed E-state index contributed by atoms with van der Waals surface area (Å²) in [4.78, 5) is 23.5. The molecule has 0 saturated heterocycles. The largest absolute Gasteiger partial charge is 0.478 e. The first-order chi connectivity index (χ1) is 7.18. The lowest BCUT2D eigenvalue weighted by atomic mass is 10.0. The molecule has 0 saturated carbocycles. The molecule has 15 heavy (non-hydrogen) atoms. The Morgan fingerprint density at radius 1 is 1.47 bits per heavy atom. The molecule has 0 bridgehead atoms. The van der Waals surface area contributed by atoms with E-state index in [1.54, 1.807) is 17.4 Å². The highest BCUT2D eigenvalue weighted by atomic mass is 32.1. The minimum absolute atomic E-state index is 0.119. The van der Waals surface area contributed by atoms with Crippen molar-refractivity contribution in [3.8, 4) is 0 Å². The summed E-state index contributed by atoms with van der Waals surface area (Å²) < 4.78 is 0. The van der Waals surface area contributed by atoms with Crippen LogP contribution >= 0.6 is 11.3 Å². The van der Waals surface area contributed by atoms with E-state index in [1.165, 1.54) is 0 Å². The summed E-state index contributed by atoms with van der Waals surface area (Å²) >= 11 is 1.57. The third kappa shape index (κ3) is 1.99. The van der Waals surface area contributed by atoms with Crippen molar-refractivity contribution in [2.24, 2.45) is 0 Å². The Kier molecular flexibility index (Phi) is 2.68. The van der Waals surface area contributed by atoms with Crippen molar-refractivity contribution in [1.29, 1.82) is 0 Å². The topological polar surface area (TPSA) is 54.4 Å². The first kappa shape index (κ1) is 10.1. The fourth-order valence-electron chi connectivity index (χ4n) is 1.75. The highest BCUT2D eigenvalue weighted by Gasteiger charge is 2.21. The van der Waals surface area contributed by atoms with Crippen molar-refractivity contribution >= 4 is 23.1 Å². The molecule has 2 rings (SSSR count). The van der Waals surface area contributed by atoms with Gasteiger partial charge in [-0.05, 0) is 30.7 Å². The van der Waals surface area contributed by atoms with E-state index in [1.807, 2.05) is 5.38 Å². The number of ketones is 1. The molecule has 1 aliphatic carbocycles. The van der Waals surface area contributed by atoms with Gasteiger partial charge in [0.15, 0.2) is 5.78 Å². The van der Waals surface area contributed by atoms with Crippen molar-refractivity contribution in [3.05, 3.63) is 33.5 Å². The fourth-order valence-corrected chi connectivity index (χ4v) is 2.67. The number of allylic oxidation sites excluding steroid dienone is 1. The van der Waals surface area contributed by atoms with Gasteiger partial charge in [-0.1, -0.05) is 0 Å². The van der Waals surface area contributed by atoms with Crippen LogP contribution in [0.25, 0.3) is 0 Å². The second-order valence-electron chi connectivity index (χ2n) is 3.45. The number of Topliss-reactive ketones (excluding diaryl/α,β-unsaturated/α-hetero) is 1. The molecule has 0 spiro atoms. The molecule has 0 radical (unpaired) electrons. The normalized spacial score (nSPS) is 18.7. The van der Waals surface area contributed by atoms with Crippen molar-refractivity contribution in [2.75, 3.05) is 0 Å². The van der Waals surface area contributed by atoms with E-state index in [-0.39, 0.29) is 5.78 Å². The van der Waals surface area contributed by atoms with Gasteiger partial charge in [0.25, 0.3) is 0 Å². The summed E-state index contributed by atoms with van der Waals surface area (Å²) in [6.07, 6.45) is 3.32. The number of thiophene rings is 1. The maximum atomic E-state index is 11.9. The second kappa shape index (κ2) is 3.98. The number of hydrogen-bond acceptors (Lipinski definition) is 3. The molecule has 1 aliphatic rings. The Morgan fingerprint density at radius 3 is 3.00 bits per heavy atom. The molecule has 0 unspecified atom stereocenters. The number of aryl methyl sites for hydroxylation is 1. The van der Waals surface area contributed by atoms with E-state index in [2.05, 4.69) is 0 Å². The summed E-state index contributed by atoms with van der Waals surface area (Å²) in [5, 5.41) is 10.5. The average Bonchev–Trinajstić information content (AvgIpc) is 2.58. The molecular weight excluding hydrogens is 212 g/mol. The zero-order valence-corrected chi connectivity index (χ0v) is 8.84. The van der Waals surface area contributed by atoms with Crippen LogP contribution in [0.15, 0.2) is 23.1 Å². The van der Waals surface area contributed by atoms with E-state index < -0.39 is 5.97 Å². The van der Waals surface area contributed by atoms with Crippen LogP contribution in [0.1, 0.15) is 28.1 Å². The van der Waals surface area contributed by atoms with Gasteiger partial charge in [0, 0.05) is 22.1 Å². The smallest absolute Gasteiger partial charge is 0.328 e. The van der Waals surface area contributed by atoms with Crippen LogP contribution in [0.5, 0.6) is 0 Å². The molecule has 1 aromatic rings. The molecule has 0 aliphatic heterocycles. The summed E-state index contributed by atoms with van der Waals surface area (Å²) in [6.45, 7) is 0. The summed E-state index contributed by atoms with van der Waals surface area (Å²) in [6, 6.07) is 1.78. The molecule has 0 aromatic carbocycles. The van der Waals surface area contributed by atoms with Gasteiger partial charge in [0.1, 0.15) is 0 Å². The fraction of sp³-hybridized carbons (Fsp3) is 0.273. The van der Waals surface area contributed by atoms with Crippen LogP contribution in [0, 0.1) is 0 Å². The van der Waals surface area contributed by atoms with E-state index in [0.29, 0.717) is 17.6 Å². The highest BCUT2D eigenvalue weighted by molar-refractivity contribution is 7.10. The van der Waals surface area contributed by atoms with Gasteiger partial charge in [-0.2, -0.15) is 0 Å².